The van der Waals surface area contributed by atoms with Crippen molar-refractivity contribution in [2.75, 3.05) is 5.75 Å². The fourth-order valence-electron chi connectivity index (χ4n) is 3.31. The van der Waals surface area contributed by atoms with Gasteiger partial charge < -0.3 is 15.2 Å². The van der Waals surface area contributed by atoms with Gasteiger partial charge in [0.25, 0.3) is 5.91 Å². The SMILES string of the molecule is O=C(Cc1ccccc1)N[C@@H]1C(=O)N2C(C(=O)[O-])=C(Sc3ccc(Br)cc3)CS[C@H]12. The number of amides is 2. The first kappa shape index (κ1) is 21.0. The summed E-state index contributed by atoms with van der Waals surface area (Å²) in [7, 11) is 0. The topological polar surface area (TPSA) is 89.5 Å². The Hall–Kier alpha value is -2.23. The van der Waals surface area contributed by atoms with E-state index in [4.69, 9.17) is 0 Å². The minimum absolute atomic E-state index is 0.106. The lowest BCUT2D eigenvalue weighted by molar-refractivity contribution is -0.301. The highest BCUT2D eigenvalue weighted by atomic mass is 79.9. The van der Waals surface area contributed by atoms with Gasteiger partial charge in [-0.2, -0.15) is 0 Å². The van der Waals surface area contributed by atoms with Gasteiger partial charge in [-0.05, 0) is 29.8 Å². The van der Waals surface area contributed by atoms with E-state index in [0.717, 1.165) is 14.9 Å². The summed E-state index contributed by atoms with van der Waals surface area (Å²) in [6.07, 6.45) is 0.163. The second-order valence-corrected chi connectivity index (χ2v) is 9.92. The molecule has 154 valence electrons. The molecule has 2 aliphatic rings. The Morgan fingerprint density at radius 3 is 2.53 bits per heavy atom. The third-order valence-corrected chi connectivity index (χ3v) is 7.79. The van der Waals surface area contributed by atoms with Crippen LogP contribution in [0.1, 0.15) is 5.56 Å². The molecule has 0 bridgehead atoms. The second-order valence-electron chi connectivity index (χ2n) is 6.73. The van der Waals surface area contributed by atoms with Crippen LogP contribution in [0.5, 0.6) is 0 Å². The summed E-state index contributed by atoms with van der Waals surface area (Å²) >= 11 is 6.11. The van der Waals surface area contributed by atoms with Gasteiger partial charge in [0.1, 0.15) is 11.4 Å². The van der Waals surface area contributed by atoms with Gasteiger partial charge in [-0.25, -0.2) is 0 Å². The van der Waals surface area contributed by atoms with Crippen LogP contribution in [0.15, 0.2) is 74.6 Å². The van der Waals surface area contributed by atoms with Crippen molar-refractivity contribution in [1.29, 1.82) is 0 Å². The standard InChI is InChI=1S/C21H17BrN2O4S2/c22-13-6-8-14(9-7-13)30-15-11-29-20-17(19(26)24(20)18(15)21(27)28)23-16(25)10-12-4-2-1-3-5-12/h1-9,17,20H,10-11H2,(H,23,25)(H,27,28)/p-1/t17-,20-/m1/s1. The number of rotatable bonds is 6. The van der Waals surface area contributed by atoms with Gasteiger partial charge in [0.05, 0.1) is 18.1 Å². The predicted octanol–water partition coefficient (Wildman–Crippen LogP) is 2.15. The van der Waals surface area contributed by atoms with Crippen molar-refractivity contribution >= 4 is 57.2 Å². The summed E-state index contributed by atoms with van der Waals surface area (Å²) in [6, 6.07) is 16.0. The number of fused-ring (bicyclic) bond motifs is 1. The van der Waals surface area contributed by atoms with Crippen molar-refractivity contribution in [1.82, 2.24) is 10.2 Å². The Bertz CT molecular complexity index is 1030. The second kappa shape index (κ2) is 8.87. The Balaban J connectivity index is 1.48. The molecule has 1 N–H and O–H groups in total. The van der Waals surface area contributed by atoms with Crippen molar-refractivity contribution < 1.29 is 19.5 Å². The van der Waals surface area contributed by atoms with Gasteiger partial charge in [-0.15, -0.1) is 11.8 Å². The molecule has 0 unspecified atom stereocenters. The third kappa shape index (κ3) is 4.28. The van der Waals surface area contributed by atoms with Crippen molar-refractivity contribution in [2.24, 2.45) is 0 Å². The van der Waals surface area contributed by atoms with Crippen molar-refractivity contribution in [3.05, 3.63) is 75.2 Å². The number of carbonyl (C=O) groups is 3. The van der Waals surface area contributed by atoms with Crippen LogP contribution in [0.4, 0.5) is 0 Å². The molecule has 9 heteroatoms. The van der Waals surface area contributed by atoms with Crippen LogP contribution in [0.25, 0.3) is 0 Å². The Kier molecular flexibility index (Phi) is 6.21. The van der Waals surface area contributed by atoms with Gasteiger partial charge in [-0.1, -0.05) is 58.0 Å². The monoisotopic (exact) mass is 503 g/mol. The molecule has 0 aliphatic carbocycles. The Labute approximate surface area is 190 Å². The van der Waals surface area contributed by atoms with E-state index in [1.165, 1.54) is 28.4 Å². The average Bonchev–Trinajstić information content (AvgIpc) is 2.74. The van der Waals surface area contributed by atoms with Crippen molar-refractivity contribution in [3.8, 4) is 0 Å². The average molecular weight is 504 g/mol. The molecule has 6 nitrogen and oxygen atoms in total. The predicted molar refractivity (Wildman–Crippen MR) is 117 cm³/mol. The molecule has 0 spiro atoms. The van der Waals surface area contributed by atoms with E-state index in [1.807, 2.05) is 54.6 Å². The third-order valence-electron chi connectivity index (χ3n) is 4.71. The van der Waals surface area contributed by atoms with E-state index in [9.17, 15) is 19.5 Å². The summed E-state index contributed by atoms with van der Waals surface area (Å²) in [5, 5.41) is 14.1. The first-order chi connectivity index (χ1) is 14.4. The number of hydrogen-bond donors (Lipinski definition) is 1. The minimum Gasteiger partial charge on any atom is -0.543 e. The molecule has 2 aliphatic heterocycles. The lowest BCUT2D eigenvalue weighted by atomic mass is 10.0. The summed E-state index contributed by atoms with van der Waals surface area (Å²) in [4.78, 5) is 39.5. The molecule has 0 aromatic heterocycles. The lowest BCUT2D eigenvalue weighted by Gasteiger charge is -2.50. The lowest BCUT2D eigenvalue weighted by Crippen LogP contribution is -2.71. The quantitative estimate of drug-likeness (QED) is 0.607. The Morgan fingerprint density at radius 1 is 1.17 bits per heavy atom. The summed E-state index contributed by atoms with van der Waals surface area (Å²) in [5.74, 6) is -1.67. The van der Waals surface area contributed by atoms with Gasteiger partial charge in [0.2, 0.25) is 5.91 Å². The number of thioether (sulfide) groups is 2. The van der Waals surface area contributed by atoms with Gasteiger partial charge in [0, 0.05) is 20.0 Å². The zero-order chi connectivity index (χ0) is 21.3. The number of hydrogen-bond acceptors (Lipinski definition) is 6. The van der Waals surface area contributed by atoms with Crippen molar-refractivity contribution in [3.63, 3.8) is 0 Å². The summed E-state index contributed by atoms with van der Waals surface area (Å²) in [5.41, 5.74) is 0.739. The van der Waals surface area contributed by atoms with E-state index in [1.54, 1.807) is 0 Å². The highest BCUT2D eigenvalue weighted by molar-refractivity contribution is 9.10. The van der Waals surface area contributed by atoms with Crippen LogP contribution < -0.4 is 10.4 Å². The molecule has 1 saturated heterocycles. The largest absolute Gasteiger partial charge is 0.543 e. The van der Waals surface area contributed by atoms with Crippen LogP contribution in [-0.4, -0.2) is 39.9 Å². The Morgan fingerprint density at radius 2 is 1.87 bits per heavy atom. The fourth-order valence-corrected chi connectivity index (χ4v) is 6.04. The smallest absolute Gasteiger partial charge is 0.253 e. The molecule has 4 rings (SSSR count). The van der Waals surface area contributed by atoms with E-state index in [-0.39, 0.29) is 18.0 Å². The number of halogens is 1. The highest BCUT2D eigenvalue weighted by Gasteiger charge is 2.52. The highest BCUT2D eigenvalue weighted by Crippen LogP contribution is 2.45. The molecule has 2 heterocycles. The number of carboxylic acids is 1. The molecule has 30 heavy (non-hydrogen) atoms. The van der Waals surface area contributed by atoms with Crippen LogP contribution in [-0.2, 0) is 20.8 Å². The molecule has 0 saturated carbocycles. The molecular weight excluding hydrogens is 488 g/mol. The maximum atomic E-state index is 12.7. The molecule has 1 fully saturated rings. The van der Waals surface area contributed by atoms with Crippen LogP contribution >= 0.6 is 39.5 Å². The number of benzene rings is 2. The molecule has 2 aromatic carbocycles. The van der Waals surface area contributed by atoms with Crippen LogP contribution in [0.3, 0.4) is 0 Å². The summed E-state index contributed by atoms with van der Waals surface area (Å²) < 4.78 is 0.922. The zero-order valence-electron chi connectivity index (χ0n) is 15.5. The number of carboxylic acid groups (broad SMARTS) is 1. The molecule has 2 amide bonds. The molecule has 2 aromatic rings. The number of nitrogens with one attached hydrogen (secondary N) is 1. The molecular formula is C21H16BrN2O4S2-. The van der Waals surface area contributed by atoms with E-state index in [2.05, 4.69) is 21.2 Å². The van der Waals surface area contributed by atoms with Gasteiger partial charge >= 0.3 is 0 Å². The van der Waals surface area contributed by atoms with Gasteiger partial charge in [-0.3, -0.25) is 14.5 Å². The van der Waals surface area contributed by atoms with Crippen LogP contribution in [0.2, 0.25) is 0 Å². The number of aliphatic carboxylic acids is 1. The maximum absolute atomic E-state index is 12.7. The minimum atomic E-state index is -1.39. The van der Waals surface area contributed by atoms with E-state index >= 15 is 0 Å². The number of β-lactam (4-membered cyclic amide) rings is 1. The normalized spacial score (nSPS) is 20.4. The first-order valence-electron chi connectivity index (χ1n) is 9.10. The first-order valence-corrected chi connectivity index (χ1v) is 11.8. The van der Waals surface area contributed by atoms with Crippen molar-refractivity contribution in [2.45, 2.75) is 22.7 Å². The number of carbonyl (C=O) groups excluding carboxylic acids is 3. The van der Waals surface area contributed by atoms with Gasteiger partial charge in [0.15, 0.2) is 0 Å². The molecule has 0 radical (unpaired) electrons. The molecule has 2 atom stereocenters. The fraction of sp³-hybridized carbons (Fsp3) is 0.190. The number of nitrogens with zero attached hydrogens (tertiary/aromatic N) is 1. The summed E-state index contributed by atoms with van der Waals surface area (Å²) in [6.45, 7) is 0. The zero-order valence-corrected chi connectivity index (χ0v) is 18.8. The van der Waals surface area contributed by atoms with Crippen LogP contribution in [0, 0.1) is 0 Å². The van der Waals surface area contributed by atoms with E-state index < -0.39 is 23.3 Å². The maximum Gasteiger partial charge on any atom is 0.253 e. The van der Waals surface area contributed by atoms with E-state index in [0.29, 0.717) is 10.7 Å².